The quantitative estimate of drug-likeness (QED) is 0.355. The molecular weight excluding hydrogens is 362 g/mol. The largest absolute Gasteiger partial charge is 0.507 e. The van der Waals surface area contributed by atoms with Crippen LogP contribution < -0.4 is 0 Å². The van der Waals surface area contributed by atoms with Crippen LogP contribution in [0.1, 0.15) is 34.0 Å². The summed E-state index contributed by atoms with van der Waals surface area (Å²) in [6.45, 7) is 4.79. The van der Waals surface area contributed by atoms with Crippen molar-refractivity contribution in [3.63, 3.8) is 0 Å². The number of Topliss-reactive ketones (excluding diaryl/α,β-unsaturated/α-hetero) is 1. The molecule has 6 heteroatoms. The number of carbonyl (C=O) groups is 2. The molecule has 27 heavy (non-hydrogen) atoms. The topological polar surface area (TPSA) is 66.8 Å². The predicted molar refractivity (Wildman–Crippen MR) is 106 cm³/mol. The van der Waals surface area contributed by atoms with Gasteiger partial charge in [0.2, 0.25) is 0 Å². The average molecular weight is 385 g/mol. The zero-order valence-electron chi connectivity index (χ0n) is 15.7. The van der Waals surface area contributed by atoms with Crippen molar-refractivity contribution in [3.05, 3.63) is 62.9 Å². The van der Waals surface area contributed by atoms with E-state index in [1.165, 1.54) is 11.3 Å². The van der Waals surface area contributed by atoms with Crippen LogP contribution in [0, 0.1) is 13.8 Å². The summed E-state index contributed by atoms with van der Waals surface area (Å²) >= 11 is 1.49. The van der Waals surface area contributed by atoms with Crippen molar-refractivity contribution in [2.24, 2.45) is 0 Å². The van der Waals surface area contributed by atoms with Gasteiger partial charge in [-0.1, -0.05) is 29.8 Å². The Labute approximate surface area is 162 Å². The number of hydrogen-bond donors (Lipinski definition) is 1. The van der Waals surface area contributed by atoms with E-state index in [0.717, 1.165) is 16.0 Å². The molecular formula is C21H23NO4S. The fourth-order valence-electron chi connectivity index (χ4n) is 3.29. The number of hydrogen-bond acceptors (Lipinski definition) is 5. The Morgan fingerprint density at radius 1 is 1.19 bits per heavy atom. The van der Waals surface area contributed by atoms with Crippen LogP contribution in [0.5, 0.6) is 0 Å². The van der Waals surface area contributed by atoms with Gasteiger partial charge in [-0.05, 0) is 37.3 Å². The van der Waals surface area contributed by atoms with E-state index in [1.54, 1.807) is 24.1 Å². The van der Waals surface area contributed by atoms with Gasteiger partial charge in [0.05, 0.1) is 11.6 Å². The first-order chi connectivity index (χ1) is 13.0. The Balaban J connectivity index is 2.10. The number of amides is 1. The molecule has 1 aromatic carbocycles. The molecule has 142 valence electrons. The number of ether oxygens (including phenoxy) is 1. The molecule has 0 bridgehead atoms. The summed E-state index contributed by atoms with van der Waals surface area (Å²) in [4.78, 5) is 28.0. The molecule has 1 fully saturated rings. The van der Waals surface area contributed by atoms with Gasteiger partial charge >= 0.3 is 0 Å². The molecule has 1 saturated heterocycles. The third-order valence-electron chi connectivity index (χ3n) is 4.76. The fraction of sp³-hybridized carbons (Fsp3) is 0.333. The molecule has 0 aliphatic carbocycles. The predicted octanol–water partition coefficient (Wildman–Crippen LogP) is 3.82. The molecule has 0 saturated carbocycles. The number of aliphatic hydroxyl groups is 1. The van der Waals surface area contributed by atoms with Crippen LogP contribution in [0.4, 0.5) is 0 Å². The van der Waals surface area contributed by atoms with Gasteiger partial charge in [-0.15, -0.1) is 11.3 Å². The maximum absolute atomic E-state index is 12.8. The monoisotopic (exact) mass is 385 g/mol. The summed E-state index contributed by atoms with van der Waals surface area (Å²) in [5.41, 5.74) is 2.75. The number of methoxy groups -OCH3 is 1. The minimum Gasteiger partial charge on any atom is -0.507 e. The van der Waals surface area contributed by atoms with E-state index in [1.807, 2.05) is 37.4 Å². The Morgan fingerprint density at radius 2 is 1.89 bits per heavy atom. The number of ketones is 1. The lowest BCUT2D eigenvalue weighted by molar-refractivity contribution is -0.140. The van der Waals surface area contributed by atoms with E-state index in [9.17, 15) is 14.7 Å². The Kier molecular flexibility index (Phi) is 5.77. The van der Waals surface area contributed by atoms with E-state index < -0.39 is 17.7 Å². The minimum atomic E-state index is -0.636. The SMILES string of the molecule is COCCCN1C(=O)C(=O)/C(=C(\O)c2ccc(C)cc2)C1c1sccc1C. The molecule has 1 aromatic heterocycles. The molecule has 1 amide bonds. The standard InChI is InChI=1S/C21H23NO4S/c1-13-5-7-15(8-6-13)18(23)16-17(20-14(2)9-12-27-20)22(10-4-11-26-3)21(25)19(16)24/h5-9,12,17,23H,4,10-11H2,1-3H3/b18-16-. The lowest BCUT2D eigenvalue weighted by atomic mass is 9.98. The van der Waals surface area contributed by atoms with Gasteiger partial charge in [-0.3, -0.25) is 9.59 Å². The van der Waals surface area contributed by atoms with Gasteiger partial charge in [0, 0.05) is 30.7 Å². The number of nitrogens with zero attached hydrogens (tertiary/aromatic N) is 1. The number of likely N-dealkylation sites (tertiary alicyclic amines) is 1. The highest BCUT2D eigenvalue weighted by molar-refractivity contribution is 7.10. The first-order valence-electron chi connectivity index (χ1n) is 8.84. The highest BCUT2D eigenvalue weighted by atomic mass is 32.1. The smallest absolute Gasteiger partial charge is 0.295 e. The second-order valence-corrected chi connectivity index (χ2v) is 7.62. The number of aryl methyl sites for hydroxylation is 2. The van der Waals surface area contributed by atoms with Crippen LogP contribution in [0.15, 0.2) is 41.3 Å². The minimum absolute atomic E-state index is 0.125. The summed E-state index contributed by atoms with van der Waals surface area (Å²) in [5, 5.41) is 12.8. The Morgan fingerprint density at radius 3 is 2.48 bits per heavy atom. The second kappa shape index (κ2) is 8.06. The van der Waals surface area contributed by atoms with E-state index in [0.29, 0.717) is 25.1 Å². The maximum atomic E-state index is 12.8. The highest BCUT2D eigenvalue weighted by Crippen LogP contribution is 2.42. The number of aliphatic hydroxyl groups excluding tert-OH is 1. The van der Waals surface area contributed by atoms with Crippen LogP contribution >= 0.6 is 11.3 Å². The van der Waals surface area contributed by atoms with E-state index in [2.05, 4.69) is 0 Å². The molecule has 3 rings (SSSR count). The molecule has 0 radical (unpaired) electrons. The third-order valence-corrected chi connectivity index (χ3v) is 5.83. The fourth-order valence-corrected chi connectivity index (χ4v) is 4.34. The van der Waals surface area contributed by atoms with Crippen LogP contribution in [0.3, 0.4) is 0 Å². The van der Waals surface area contributed by atoms with Gasteiger partial charge in [-0.25, -0.2) is 0 Å². The van der Waals surface area contributed by atoms with Crippen molar-refractivity contribution in [1.29, 1.82) is 0 Å². The molecule has 1 atom stereocenters. The van der Waals surface area contributed by atoms with Gasteiger partial charge < -0.3 is 14.7 Å². The van der Waals surface area contributed by atoms with Crippen molar-refractivity contribution in [2.45, 2.75) is 26.3 Å². The number of thiophene rings is 1. The highest BCUT2D eigenvalue weighted by Gasteiger charge is 2.46. The molecule has 1 aliphatic heterocycles. The number of benzene rings is 1. The van der Waals surface area contributed by atoms with Gasteiger partial charge in [-0.2, -0.15) is 0 Å². The average Bonchev–Trinajstić information content (AvgIpc) is 3.18. The summed E-state index contributed by atoms with van der Waals surface area (Å²) in [7, 11) is 1.60. The zero-order chi connectivity index (χ0) is 19.6. The van der Waals surface area contributed by atoms with Crippen molar-refractivity contribution in [3.8, 4) is 0 Å². The van der Waals surface area contributed by atoms with Gasteiger partial charge in [0.25, 0.3) is 11.7 Å². The molecule has 0 spiro atoms. The third kappa shape index (κ3) is 3.68. The first-order valence-corrected chi connectivity index (χ1v) is 9.72. The molecule has 2 heterocycles. The Hall–Kier alpha value is -2.44. The number of carbonyl (C=O) groups excluding carboxylic acids is 2. The molecule has 2 aromatic rings. The summed E-state index contributed by atoms with van der Waals surface area (Å²) in [5.74, 6) is -1.33. The van der Waals surface area contributed by atoms with Crippen molar-refractivity contribution < 1.29 is 19.4 Å². The van der Waals surface area contributed by atoms with E-state index in [4.69, 9.17) is 4.74 Å². The van der Waals surface area contributed by atoms with Crippen molar-refractivity contribution in [1.82, 2.24) is 4.90 Å². The van der Waals surface area contributed by atoms with Crippen molar-refractivity contribution in [2.75, 3.05) is 20.3 Å². The molecule has 1 aliphatic rings. The summed E-state index contributed by atoms with van der Waals surface area (Å²) < 4.78 is 5.09. The number of rotatable bonds is 6. The second-order valence-electron chi connectivity index (χ2n) is 6.67. The maximum Gasteiger partial charge on any atom is 0.295 e. The Bertz CT molecular complexity index is 882. The molecule has 1 unspecified atom stereocenters. The molecule has 1 N–H and O–H groups in total. The normalized spacial score (nSPS) is 19.1. The lowest BCUT2D eigenvalue weighted by Crippen LogP contribution is -2.31. The van der Waals surface area contributed by atoms with Gasteiger partial charge in [0.15, 0.2) is 0 Å². The molecule has 5 nitrogen and oxygen atoms in total. The summed E-state index contributed by atoms with van der Waals surface area (Å²) in [6, 6.07) is 8.66. The van der Waals surface area contributed by atoms with Crippen molar-refractivity contribution >= 4 is 28.8 Å². The summed E-state index contributed by atoms with van der Waals surface area (Å²) in [6.07, 6.45) is 0.620. The van der Waals surface area contributed by atoms with Crippen LogP contribution in [0.2, 0.25) is 0 Å². The van der Waals surface area contributed by atoms with E-state index >= 15 is 0 Å². The van der Waals surface area contributed by atoms with Crippen LogP contribution in [-0.2, 0) is 14.3 Å². The van der Waals surface area contributed by atoms with Crippen LogP contribution in [-0.4, -0.2) is 42.0 Å². The lowest BCUT2D eigenvalue weighted by Gasteiger charge is -2.24. The van der Waals surface area contributed by atoms with Gasteiger partial charge in [0.1, 0.15) is 5.76 Å². The van der Waals surface area contributed by atoms with E-state index in [-0.39, 0.29) is 11.3 Å². The zero-order valence-corrected chi connectivity index (χ0v) is 16.5. The first kappa shape index (κ1) is 19.3. The van der Waals surface area contributed by atoms with Crippen LogP contribution in [0.25, 0.3) is 5.76 Å².